The van der Waals surface area contributed by atoms with E-state index in [0.717, 1.165) is 7.11 Å². The van der Waals surface area contributed by atoms with Gasteiger partial charge in [-0.2, -0.15) is 25.3 Å². The second kappa shape index (κ2) is 12.0. The third-order valence-corrected chi connectivity index (χ3v) is 6.55. The SMILES string of the molecule is COC1OC(COS(=O)(=O)O)C(OC2OC(CO)C(O)C(C)C2OS(=O)(=O)O)C(O)C1OS(=O)(=O)O. The van der Waals surface area contributed by atoms with E-state index in [0.29, 0.717) is 0 Å². The van der Waals surface area contributed by atoms with Gasteiger partial charge in [-0.05, 0) is 0 Å². The first-order valence-electron chi connectivity index (χ1n) is 9.76. The molecule has 0 amide bonds. The van der Waals surface area contributed by atoms with Crippen LogP contribution in [0.4, 0.5) is 0 Å². The summed E-state index contributed by atoms with van der Waals surface area (Å²) in [7, 11) is -14.6. The molecule has 0 spiro atoms. The molecule has 22 heteroatoms. The highest BCUT2D eigenvalue weighted by Crippen LogP contribution is 2.34. The fourth-order valence-electron chi connectivity index (χ4n) is 3.58. The molecular formula is C14H26O19S3. The first-order chi connectivity index (χ1) is 16.4. The quantitative estimate of drug-likeness (QED) is 0.124. The third-order valence-electron chi connectivity index (χ3n) is 5.18. The predicted octanol–water partition coefficient (Wildman–Crippen LogP) is -3.99. The van der Waals surface area contributed by atoms with E-state index < -0.39 is 106 Å². The molecule has 0 saturated carbocycles. The van der Waals surface area contributed by atoms with Crippen LogP contribution < -0.4 is 0 Å². The fraction of sp³-hybridized carbons (Fsp3) is 1.00. The Balaban J connectivity index is 2.46. The standard InChI is InChI=1S/C14H26O19S3/c1-5-8(16)6(3-15)29-14(10(5)32-35(21,22)23)31-11-7(4-28-34(18,19)20)30-13(27-2)12(9(11)17)33-36(24,25)26/h5-17H,3-4H2,1-2H3,(H,18,19,20)(H,21,22,23)(H,24,25,26). The topological polar surface area (TPSA) is 288 Å². The highest BCUT2D eigenvalue weighted by Gasteiger charge is 2.53. The van der Waals surface area contributed by atoms with Crippen LogP contribution in [-0.2, 0) is 62.7 Å². The van der Waals surface area contributed by atoms with Crippen molar-refractivity contribution in [1.82, 2.24) is 0 Å². The van der Waals surface area contributed by atoms with Crippen LogP contribution in [0.5, 0.6) is 0 Å². The van der Waals surface area contributed by atoms with E-state index in [9.17, 15) is 40.6 Å². The van der Waals surface area contributed by atoms with Crippen LogP contribution >= 0.6 is 0 Å². The van der Waals surface area contributed by atoms with Crippen molar-refractivity contribution in [2.24, 2.45) is 5.92 Å². The lowest BCUT2D eigenvalue weighted by atomic mass is 9.90. The van der Waals surface area contributed by atoms with Gasteiger partial charge in [-0.15, -0.1) is 0 Å². The van der Waals surface area contributed by atoms with Crippen molar-refractivity contribution >= 4 is 31.2 Å². The second-order valence-corrected chi connectivity index (χ2v) is 10.8. The van der Waals surface area contributed by atoms with Crippen LogP contribution in [0.2, 0.25) is 0 Å². The normalized spacial score (nSPS) is 38.7. The van der Waals surface area contributed by atoms with Crippen LogP contribution in [0.15, 0.2) is 0 Å². The zero-order valence-electron chi connectivity index (χ0n) is 18.4. The zero-order chi connectivity index (χ0) is 27.6. The summed E-state index contributed by atoms with van der Waals surface area (Å²) in [5.41, 5.74) is 0. The average Bonchev–Trinajstić information content (AvgIpc) is 2.72. The van der Waals surface area contributed by atoms with Gasteiger partial charge in [0.1, 0.15) is 30.5 Å². The highest BCUT2D eigenvalue weighted by molar-refractivity contribution is 7.81. The van der Waals surface area contributed by atoms with E-state index in [1.54, 1.807) is 0 Å². The first-order valence-corrected chi connectivity index (χ1v) is 13.9. The van der Waals surface area contributed by atoms with Crippen molar-refractivity contribution in [1.29, 1.82) is 0 Å². The summed E-state index contributed by atoms with van der Waals surface area (Å²) >= 11 is 0. The Morgan fingerprint density at radius 3 is 1.75 bits per heavy atom. The minimum atomic E-state index is -5.25. The van der Waals surface area contributed by atoms with Gasteiger partial charge in [-0.3, -0.25) is 13.7 Å². The lowest BCUT2D eigenvalue weighted by Crippen LogP contribution is -2.64. The number of ether oxygens (including phenoxy) is 4. The molecular weight excluding hydrogens is 568 g/mol. The minimum Gasteiger partial charge on any atom is -0.394 e. The summed E-state index contributed by atoms with van der Waals surface area (Å²) in [5.74, 6) is -1.23. The second-order valence-electron chi connectivity index (χ2n) is 7.63. The first kappa shape index (κ1) is 31.5. The van der Waals surface area contributed by atoms with Crippen LogP contribution in [0, 0.1) is 5.92 Å². The van der Waals surface area contributed by atoms with E-state index in [4.69, 9.17) is 32.6 Å². The molecule has 0 aliphatic carbocycles. The van der Waals surface area contributed by atoms with Gasteiger partial charge in [0, 0.05) is 13.0 Å². The number of hydrogen-bond acceptors (Lipinski definition) is 16. The number of rotatable bonds is 11. The molecule has 2 aliphatic rings. The molecule has 0 aromatic heterocycles. The Morgan fingerprint density at radius 2 is 1.28 bits per heavy atom. The number of aliphatic hydroxyl groups is 3. The molecule has 36 heavy (non-hydrogen) atoms. The Kier molecular flexibility index (Phi) is 10.5. The molecule has 214 valence electrons. The lowest BCUT2D eigenvalue weighted by molar-refractivity contribution is -0.347. The van der Waals surface area contributed by atoms with E-state index in [2.05, 4.69) is 12.5 Å². The minimum absolute atomic E-state index is 0.830. The molecule has 2 heterocycles. The molecule has 10 unspecified atom stereocenters. The molecule has 0 bridgehead atoms. The van der Waals surface area contributed by atoms with Crippen molar-refractivity contribution < 1.29 is 85.7 Å². The Morgan fingerprint density at radius 1 is 0.750 bits per heavy atom. The Hall–Kier alpha value is -0.670. The fourth-order valence-corrected chi connectivity index (χ4v) is 4.92. The molecule has 0 radical (unpaired) electrons. The van der Waals surface area contributed by atoms with Crippen molar-refractivity contribution in [3.05, 3.63) is 0 Å². The van der Waals surface area contributed by atoms with Gasteiger partial charge in [0.2, 0.25) is 0 Å². The summed E-state index contributed by atoms with van der Waals surface area (Å²) in [6.45, 7) is -0.708. The molecule has 2 fully saturated rings. The van der Waals surface area contributed by atoms with Gasteiger partial charge < -0.3 is 34.3 Å². The monoisotopic (exact) mass is 594 g/mol. The van der Waals surface area contributed by atoms with Gasteiger partial charge in [0.05, 0.1) is 19.3 Å². The lowest BCUT2D eigenvalue weighted by Gasteiger charge is -2.47. The highest BCUT2D eigenvalue weighted by atomic mass is 32.3. The number of methoxy groups -OCH3 is 1. The zero-order valence-corrected chi connectivity index (χ0v) is 20.9. The van der Waals surface area contributed by atoms with Crippen molar-refractivity contribution in [2.45, 2.75) is 62.2 Å². The van der Waals surface area contributed by atoms with E-state index >= 15 is 0 Å². The van der Waals surface area contributed by atoms with Gasteiger partial charge in [0.15, 0.2) is 18.7 Å². The number of aliphatic hydroxyl groups excluding tert-OH is 3. The molecule has 2 saturated heterocycles. The molecule has 6 N–H and O–H groups in total. The van der Waals surface area contributed by atoms with Crippen molar-refractivity contribution in [3.8, 4) is 0 Å². The molecule has 2 rings (SSSR count). The molecule has 0 aromatic carbocycles. The number of hydrogen-bond donors (Lipinski definition) is 6. The summed E-state index contributed by atoms with van der Waals surface area (Å²) in [6, 6.07) is 0. The van der Waals surface area contributed by atoms with Crippen LogP contribution in [-0.4, -0.2) is 130 Å². The van der Waals surface area contributed by atoms with Crippen LogP contribution in [0.1, 0.15) is 6.92 Å². The van der Waals surface area contributed by atoms with Crippen LogP contribution in [0.3, 0.4) is 0 Å². The maximum absolute atomic E-state index is 11.3. The van der Waals surface area contributed by atoms with Crippen molar-refractivity contribution in [3.63, 3.8) is 0 Å². The maximum Gasteiger partial charge on any atom is 0.397 e. The van der Waals surface area contributed by atoms with Gasteiger partial charge in [0.25, 0.3) is 0 Å². The molecule has 2 aliphatic heterocycles. The van der Waals surface area contributed by atoms with Gasteiger partial charge >= 0.3 is 31.2 Å². The molecule has 0 aromatic rings. The van der Waals surface area contributed by atoms with E-state index in [1.807, 2.05) is 0 Å². The molecule has 10 atom stereocenters. The smallest absolute Gasteiger partial charge is 0.394 e. The van der Waals surface area contributed by atoms with Crippen molar-refractivity contribution in [2.75, 3.05) is 20.3 Å². The van der Waals surface area contributed by atoms with E-state index in [-0.39, 0.29) is 0 Å². The predicted molar refractivity (Wildman–Crippen MR) is 108 cm³/mol. The maximum atomic E-state index is 11.3. The average molecular weight is 595 g/mol. The third kappa shape index (κ3) is 8.69. The Bertz CT molecular complexity index is 1040. The van der Waals surface area contributed by atoms with Crippen LogP contribution in [0.25, 0.3) is 0 Å². The van der Waals surface area contributed by atoms with Gasteiger partial charge in [-0.1, -0.05) is 6.92 Å². The van der Waals surface area contributed by atoms with Gasteiger partial charge in [-0.25, -0.2) is 12.5 Å². The summed E-state index contributed by atoms with van der Waals surface area (Å²) in [6.07, 6.45) is -16.6. The summed E-state index contributed by atoms with van der Waals surface area (Å²) in [5, 5.41) is 30.5. The Labute approximate surface area is 205 Å². The summed E-state index contributed by atoms with van der Waals surface area (Å²) < 4.78 is 128. The summed E-state index contributed by atoms with van der Waals surface area (Å²) in [4.78, 5) is 0. The van der Waals surface area contributed by atoms with E-state index in [1.165, 1.54) is 6.92 Å². The largest absolute Gasteiger partial charge is 0.397 e. The molecule has 19 nitrogen and oxygen atoms in total.